The molecule has 0 aliphatic carbocycles. The van der Waals surface area contributed by atoms with E-state index < -0.39 is 30.6 Å². The molecule has 1 amide bonds. The molecule has 0 spiro atoms. The number of halogens is 3. The zero-order valence-electron chi connectivity index (χ0n) is 13.5. The lowest BCUT2D eigenvalue weighted by Gasteiger charge is -2.07. The first-order valence-corrected chi connectivity index (χ1v) is 8.54. The monoisotopic (exact) mass is 399 g/mol. The minimum absolute atomic E-state index is 0.158. The van der Waals surface area contributed by atoms with Gasteiger partial charge in [0.05, 0.1) is 5.75 Å². The van der Waals surface area contributed by atoms with Gasteiger partial charge in [0.1, 0.15) is 5.82 Å². The van der Waals surface area contributed by atoms with E-state index in [4.69, 9.17) is 4.74 Å². The second kappa shape index (κ2) is 7.78. The second-order valence-electron chi connectivity index (χ2n) is 5.26. The molecule has 2 aromatic carbocycles. The highest BCUT2D eigenvalue weighted by atomic mass is 32.2. The second-order valence-corrected chi connectivity index (χ2v) is 6.27. The molecule has 142 valence electrons. The van der Waals surface area contributed by atoms with Crippen LogP contribution in [0.5, 0.6) is 11.5 Å². The number of nitrogens with one attached hydrogen (secondary N) is 1. The summed E-state index contributed by atoms with van der Waals surface area (Å²) in [5.41, 5.74) is 0.164. The molecule has 10 heteroatoms. The number of anilines is 1. The molecule has 6 nitrogen and oxygen atoms in total. The van der Waals surface area contributed by atoms with E-state index in [9.17, 15) is 22.8 Å². The molecule has 1 aliphatic rings. The number of carbonyl (C=O) groups excluding carboxylic acids is 2. The third kappa shape index (κ3) is 5.07. The summed E-state index contributed by atoms with van der Waals surface area (Å²) in [6, 6.07) is 9.64. The number of hydrogen-bond donors (Lipinski definition) is 1. The van der Waals surface area contributed by atoms with Gasteiger partial charge in [0.2, 0.25) is 0 Å². The molecule has 0 unspecified atom stereocenters. The summed E-state index contributed by atoms with van der Waals surface area (Å²) in [6.07, 6.45) is -3.75. The van der Waals surface area contributed by atoms with Crippen molar-refractivity contribution >= 4 is 29.3 Å². The standard InChI is InChI=1S/C17H12F3NO5S/c18-11-3-1-2-4-14(11)27-9-16(23)24-8-15(22)21-10-5-6-12-13(7-10)26-17(19,20)25-12/h1-7H,8-9H2,(H,21,22). The van der Waals surface area contributed by atoms with Gasteiger partial charge in [-0.2, -0.15) is 0 Å². The molecule has 3 rings (SSSR count). The Kier molecular flexibility index (Phi) is 5.45. The van der Waals surface area contributed by atoms with E-state index in [0.717, 1.165) is 17.8 Å². The number of esters is 1. The third-order valence-electron chi connectivity index (χ3n) is 3.23. The van der Waals surface area contributed by atoms with Gasteiger partial charge in [0.15, 0.2) is 18.1 Å². The number of ether oxygens (including phenoxy) is 3. The molecule has 1 aliphatic heterocycles. The summed E-state index contributed by atoms with van der Waals surface area (Å²) in [5.74, 6) is -2.39. The van der Waals surface area contributed by atoms with E-state index in [2.05, 4.69) is 14.8 Å². The molecule has 1 N–H and O–H groups in total. The van der Waals surface area contributed by atoms with E-state index in [1.54, 1.807) is 6.07 Å². The van der Waals surface area contributed by atoms with Crippen molar-refractivity contribution in [2.45, 2.75) is 11.2 Å². The number of rotatable bonds is 6. The van der Waals surface area contributed by atoms with Gasteiger partial charge in [-0.1, -0.05) is 12.1 Å². The Hall–Kier alpha value is -2.88. The van der Waals surface area contributed by atoms with Crippen LogP contribution in [0.3, 0.4) is 0 Å². The summed E-state index contributed by atoms with van der Waals surface area (Å²) in [7, 11) is 0. The Bertz CT molecular complexity index is 877. The fraction of sp³-hybridized carbons (Fsp3) is 0.176. The average molecular weight is 399 g/mol. The Morgan fingerprint density at radius 3 is 2.63 bits per heavy atom. The van der Waals surface area contributed by atoms with Gasteiger partial charge in [-0.25, -0.2) is 4.39 Å². The first-order chi connectivity index (χ1) is 12.8. The molecule has 2 aromatic rings. The summed E-state index contributed by atoms with van der Waals surface area (Å²) in [5, 5.41) is 2.37. The molecular formula is C17H12F3NO5S. The summed E-state index contributed by atoms with van der Waals surface area (Å²) in [4.78, 5) is 23.7. The number of fused-ring (bicyclic) bond motifs is 1. The molecule has 0 bridgehead atoms. The first-order valence-electron chi connectivity index (χ1n) is 7.55. The highest BCUT2D eigenvalue weighted by Crippen LogP contribution is 2.42. The first kappa shape index (κ1) is 18.9. The van der Waals surface area contributed by atoms with E-state index in [1.165, 1.54) is 30.3 Å². The predicted molar refractivity (Wildman–Crippen MR) is 89.4 cm³/mol. The van der Waals surface area contributed by atoms with Crippen LogP contribution in [0.4, 0.5) is 18.9 Å². The van der Waals surface area contributed by atoms with Crippen LogP contribution in [-0.4, -0.2) is 30.5 Å². The number of alkyl halides is 2. The molecule has 0 saturated carbocycles. The van der Waals surface area contributed by atoms with Crippen LogP contribution in [0.15, 0.2) is 47.4 Å². The van der Waals surface area contributed by atoms with Gasteiger partial charge in [-0.3, -0.25) is 9.59 Å². The fourth-order valence-electron chi connectivity index (χ4n) is 2.11. The zero-order valence-corrected chi connectivity index (χ0v) is 14.4. The topological polar surface area (TPSA) is 73.9 Å². The van der Waals surface area contributed by atoms with Crippen molar-refractivity contribution in [3.05, 3.63) is 48.3 Å². The number of amides is 1. The van der Waals surface area contributed by atoms with Crippen LogP contribution in [0.2, 0.25) is 0 Å². The van der Waals surface area contributed by atoms with Gasteiger partial charge in [-0.15, -0.1) is 20.5 Å². The molecule has 0 fully saturated rings. The van der Waals surface area contributed by atoms with Crippen molar-refractivity contribution in [2.75, 3.05) is 17.7 Å². The lowest BCUT2D eigenvalue weighted by Crippen LogP contribution is -2.25. The van der Waals surface area contributed by atoms with E-state index in [-0.39, 0.29) is 27.8 Å². The Morgan fingerprint density at radius 1 is 1.11 bits per heavy atom. The van der Waals surface area contributed by atoms with Crippen molar-refractivity contribution < 1.29 is 37.0 Å². The maximum Gasteiger partial charge on any atom is 0.586 e. The van der Waals surface area contributed by atoms with Crippen molar-refractivity contribution in [1.82, 2.24) is 0 Å². The molecule has 27 heavy (non-hydrogen) atoms. The summed E-state index contributed by atoms with van der Waals surface area (Å²) >= 11 is 0.941. The van der Waals surface area contributed by atoms with Gasteiger partial charge >= 0.3 is 12.3 Å². The molecule has 0 radical (unpaired) electrons. The highest BCUT2D eigenvalue weighted by Gasteiger charge is 2.43. The van der Waals surface area contributed by atoms with Crippen LogP contribution >= 0.6 is 11.8 Å². The summed E-state index contributed by atoms with van der Waals surface area (Å²) in [6.45, 7) is -0.582. The number of hydrogen-bond acceptors (Lipinski definition) is 6. The summed E-state index contributed by atoms with van der Waals surface area (Å²) < 4.78 is 52.6. The minimum atomic E-state index is -3.75. The molecule has 0 aromatic heterocycles. The lowest BCUT2D eigenvalue weighted by atomic mass is 10.3. The van der Waals surface area contributed by atoms with E-state index in [1.807, 2.05) is 0 Å². The highest BCUT2D eigenvalue weighted by molar-refractivity contribution is 8.00. The number of benzene rings is 2. The van der Waals surface area contributed by atoms with Crippen molar-refractivity contribution in [2.24, 2.45) is 0 Å². The Balaban J connectivity index is 1.45. The van der Waals surface area contributed by atoms with Gasteiger partial charge in [0, 0.05) is 16.6 Å². The molecule has 0 saturated heterocycles. The van der Waals surface area contributed by atoms with E-state index in [0.29, 0.717) is 0 Å². The molecule has 0 atom stereocenters. The quantitative estimate of drug-likeness (QED) is 0.593. The van der Waals surface area contributed by atoms with Crippen molar-refractivity contribution in [1.29, 1.82) is 0 Å². The van der Waals surface area contributed by atoms with Crippen LogP contribution in [0.1, 0.15) is 0 Å². The zero-order chi connectivity index (χ0) is 19.4. The minimum Gasteiger partial charge on any atom is -0.455 e. The Labute approximate surface area is 155 Å². The van der Waals surface area contributed by atoms with Crippen LogP contribution in [0, 0.1) is 5.82 Å². The molecule has 1 heterocycles. The maximum absolute atomic E-state index is 13.4. The SMILES string of the molecule is O=C(COC(=O)CSc1ccccc1F)Nc1ccc2c(c1)OC(F)(F)O2. The average Bonchev–Trinajstić information content (AvgIpc) is 2.92. The van der Waals surface area contributed by atoms with Crippen LogP contribution in [-0.2, 0) is 14.3 Å². The smallest absolute Gasteiger partial charge is 0.455 e. The van der Waals surface area contributed by atoms with Gasteiger partial charge < -0.3 is 19.5 Å². The van der Waals surface area contributed by atoms with Gasteiger partial charge in [-0.05, 0) is 24.3 Å². The van der Waals surface area contributed by atoms with Crippen molar-refractivity contribution in [3.63, 3.8) is 0 Å². The lowest BCUT2D eigenvalue weighted by molar-refractivity contribution is -0.286. The largest absolute Gasteiger partial charge is 0.586 e. The number of thioether (sulfide) groups is 1. The third-order valence-corrected chi connectivity index (χ3v) is 4.25. The van der Waals surface area contributed by atoms with Gasteiger partial charge in [0.25, 0.3) is 5.91 Å². The molecular weight excluding hydrogens is 387 g/mol. The van der Waals surface area contributed by atoms with E-state index >= 15 is 0 Å². The number of carbonyl (C=O) groups is 2. The predicted octanol–water partition coefficient (Wildman–Crippen LogP) is 3.42. The normalized spacial score (nSPS) is 13.9. The Morgan fingerprint density at radius 2 is 1.85 bits per heavy atom. The van der Waals surface area contributed by atoms with Crippen LogP contribution < -0.4 is 14.8 Å². The maximum atomic E-state index is 13.4. The van der Waals surface area contributed by atoms with Crippen LogP contribution in [0.25, 0.3) is 0 Å². The van der Waals surface area contributed by atoms with Crippen molar-refractivity contribution in [3.8, 4) is 11.5 Å². The fourth-order valence-corrected chi connectivity index (χ4v) is 2.85.